The Morgan fingerprint density at radius 3 is 1.40 bits per heavy atom. The number of hydrogen-bond acceptors (Lipinski definition) is 1. The molecular weight excluding hydrogens is 315 g/mol. The molecule has 0 amide bonds. The normalized spacial score (nSPS) is 26.9. The van der Waals surface area contributed by atoms with Gasteiger partial charge in [0.25, 0.3) is 0 Å². The molecule has 3 saturated carbocycles. The van der Waals surface area contributed by atoms with Gasteiger partial charge in [-0.05, 0) is 37.5 Å². The van der Waals surface area contributed by atoms with Gasteiger partial charge >= 0.3 is 5.97 Å². The Hall–Kier alpha value is -0.600. The topological polar surface area (TPSA) is 37.3 Å². The lowest BCUT2D eigenvalue weighted by Gasteiger charge is -2.66. The van der Waals surface area contributed by atoms with Crippen LogP contribution in [0.1, 0.15) is 122 Å². The van der Waals surface area contributed by atoms with E-state index in [4.69, 9.17) is 5.11 Å². The van der Waals surface area contributed by atoms with E-state index in [-0.39, 0.29) is 0 Å². The van der Waals surface area contributed by atoms with E-state index < -0.39 is 11.6 Å². The Balaban J connectivity index is 1.21. The maximum absolute atomic E-state index is 13.4. The third kappa shape index (κ3) is 7.66. The zero-order valence-corrected chi connectivity index (χ0v) is 16.2. The van der Waals surface area contributed by atoms with Gasteiger partial charge in [0.05, 0.1) is 0 Å². The maximum atomic E-state index is 13.4. The largest absolute Gasteiger partial charge is 0.481 e. The summed E-state index contributed by atoms with van der Waals surface area (Å²) in [6, 6.07) is 0. The van der Waals surface area contributed by atoms with Gasteiger partial charge in [0, 0.05) is 6.42 Å². The lowest BCUT2D eigenvalue weighted by Crippen LogP contribution is -2.64. The molecule has 3 aliphatic rings. The summed E-state index contributed by atoms with van der Waals surface area (Å²) in [4.78, 5) is 10.4. The number of unbranched alkanes of at least 4 members (excludes halogenated alkanes) is 13. The molecule has 3 fully saturated rings. The molecule has 0 aromatic carbocycles. The highest BCUT2D eigenvalue weighted by Gasteiger charge is 2.68. The van der Waals surface area contributed by atoms with Gasteiger partial charge in [-0.1, -0.05) is 83.5 Å². The summed E-state index contributed by atoms with van der Waals surface area (Å²) < 4.78 is 13.4. The molecule has 2 nitrogen and oxygen atoms in total. The molecule has 25 heavy (non-hydrogen) atoms. The second-order valence-electron chi connectivity index (χ2n) is 9.02. The molecule has 3 aliphatic carbocycles. The number of carboxylic acids is 1. The third-order valence-electron chi connectivity index (χ3n) is 6.42. The van der Waals surface area contributed by atoms with E-state index >= 15 is 0 Å². The summed E-state index contributed by atoms with van der Waals surface area (Å²) >= 11 is 0. The van der Waals surface area contributed by atoms with Gasteiger partial charge in [-0.2, -0.15) is 0 Å². The van der Waals surface area contributed by atoms with Crippen LogP contribution in [0.15, 0.2) is 0 Å². The van der Waals surface area contributed by atoms with E-state index in [1.807, 2.05) is 0 Å². The molecule has 146 valence electrons. The Morgan fingerprint density at radius 2 is 1.04 bits per heavy atom. The average molecular weight is 355 g/mol. The van der Waals surface area contributed by atoms with E-state index in [0.717, 1.165) is 32.1 Å². The zero-order valence-electron chi connectivity index (χ0n) is 16.2. The quantitative estimate of drug-likeness (QED) is 0.280. The van der Waals surface area contributed by atoms with Gasteiger partial charge in [-0.3, -0.25) is 4.79 Å². The Bertz CT molecular complexity index is 374. The number of carbonyl (C=O) groups is 1. The number of alkyl halides is 1. The maximum Gasteiger partial charge on any atom is 0.303 e. The number of rotatable bonds is 17. The van der Waals surface area contributed by atoms with E-state index in [2.05, 4.69) is 0 Å². The highest BCUT2D eigenvalue weighted by atomic mass is 19.1. The minimum atomic E-state index is -0.708. The van der Waals surface area contributed by atoms with Crippen LogP contribution in [0.2, 0.25) is 0 Å². The molecule has 0 spiro atoms. The number of hydrogen-bond donors (Lipinski definition) is 1. The van der Waals surface area contributed by atoms with Crippen molar-refractivity contribution in [2.24, 2.45) is 5.41 Å². The first-order valence-electron chi connectivity index (χ1n) is 10.9. The molecular formula is C22H39FO2. The fourth-order valence-corrected chi connectivity index (χ4v) is 5.02. The van der Waals surface area contributed by atoms with Gasteiger partial charge in [-0.15, -0.1) is 0 Å². The summed E-state index contributed by atoms with van der Waals surface area (Å²) in [5.74, 6) is -0.663. The van der Waals surface area contributed by atoms with Crippen molar-refractivity contribution in [2.45, 2.75) is 128 Å². The van der Waals surface area contributed by atoms with E-state index in [1.54, 1.807) is 0 Å². The second-order valence-corrected chi connectivity index (χ2v) is 9.02. The molecule has 0 unspecified atom stereocenters. The molecule has 0 atom stereocenters. The van der Waals surface area contributed by atoms with Crippen molar-refractivity contribution >= 4 is 5.97 Å². The van der Waals surface area contributed by atoms with Crippen molar-refractivity contribution in [1.29, 1.82) is 0 Å². The summed E-state index contributed by atoms with van der Waals surface area (Å²) in [7, 11) is 0. The van der Waals surface area contributed by atoms with Crippen LogP contribution in [0.3, 0.4) is 0 Å². The van der Waals surface area contributed by atoms with E-state index in [9.17, 15) is 9.18 Å². The Morgan fingerprint density at radius 1 is 0.680 bits per heavy atom. The average Bonchev–Trinajstić information content (AvgIpc) is 2.51. The minimum Gasteiger partial charge on any atom is -0.481 e. The highest BCUT2D eigenvalue weighted by Crippen LogP contribution is 2.71. The molecule has 0 aliphatic heterocycles. The third-order valence-corrected chi connectivity index (χ3v) is 6.42. The lowest BCUT2D eigenvalue weighted by molar-refractivity contribution is -0.217. The summed E-state index contributed by atoms with van der Waals surface area (Å²) in [6.07, 6.45) is 22.2. The number of carboxylic acid groups (broad SMARTS) is 1. The van der Waals surface area contributed by atoms with Crippen molar-refractivity contribution in [2.75, 3.05) is 0 Å². The first-order chi connectivity index (χ1) is 12.0. The zero-order chi connectivity index (χ0) is 18.0. The molecule has 1 N–H and O–H groups in total. The molecule has 0 radical (unpaired) electrons. The van der Waals surface area contributed by atoms with Crippen LogP contribution in [0.5, 0.6) is 0 Å². The van der Waals surface area contributed by atoms with Crippen LogP contribution >= 0.6 is 0 Å². The first-order valence-corrected chi connectivity index (χ1v) is 10.9. The van der Waals surface area contributed by atoms with Crippen molar-refractivity contribution < 1.29 is 14.3 Å². The smallest absolute Gasteiger partial charge is 0.303 e. The van der Waals surface area contributed by atoms with E-state index in [0.29, 0.717) is 11.8 Å². The lowest BCUT2D eigenvalue weighted by atomic mass is 9.41. The molecule has 0 aromatic heterocycles. The van der Waals surface area contributed by atoms with Crippen LogP contribution < -0.4 is 0 Å². The second kappa shape index (κ2) is 10.5. The molecule has 2 bridgehead atoms. The SMILES string of the molecule is O=C(O)CCCCCCCCCCCCCCCCC12CC(F)(C1)C2. The van der Waals surface area contributed by atoms with Crippen LogP contribution in [-0.4, -0.2) is 16.7 Å². The molecule has 0 heterocycles. The summed E-state index contributed by atoms with van der Waals surface area (Å²) in [6.45, 7) is 0. The van der Waals surface area contributed by atoms with Gasteiger partial charge in [-0.25, -0.2) is 4.39 Å². The monoisotopic (exact) mass is 354 g/mol. The van der Waals surface area contributed by atoms with Gasteiger partial charge in [0.15, 0.2) is 0 Å². The van der Waals surface area contributed by atoms with Crippen LogP contribution in [0.25, 0.3) is 0 Å². The molecule has 3 heteroatoms. The molecule has 3 rings (SSSR count). The standard InChI is InChI=1S/C22H39FO2/c23-22-17-21(18-22,19-22)16-14-12-10-8-6-4-2-1-3-5-7-9-11-13-15-20(24)25/h1-19H2,(H,24,25). The Labute approximate surface area is 154 Å². The predicted octanol–water partition coefficient (Wildman–Crippen LogP) is 7.20. The minimum absolute atomic E-state index is 0.333. The van der Waals surface area contributed by atoms with Crippen LogP contribution in [-0.2, 0) is 4.79 Å². The van der Waals surface area contributed by atoms with Crippen molar-refractivity contribution in [3.05, 3.63) is 0 Å². The molecule has 0 saturated heterocycles. The van der Waals surface area contributed by atoms with Crippen LogP contribution in [0, 0.1) is 5.41 Å². The van der Waals surface area contributed by atoms with Crippen molar-refractivity contribution in [3.8, 4) is 0 Å². The van der Waals surface area contributed by atoms with Crippen molar-refractivity contribution in [1.82, 2.24) is 0 Å². The van der Waals surface area contributed by atoms with Gasteiger partial charge in [0.2, 0.25) is 0 Å². The van der Waals surface area contributed by atoms with Gasteiger partial charge < -0.3 is 5.11 Å². The fraction of sp³-hybridized carbons (Fsp3) is 0.955. The number of aliphatic carboxylic acids is 1. The summed E-state index contributed by atoms with van der Waals surface area (Å²) in [5, 5.41) is 8.56. The predicted molar refractivity (Wildman–Crippen MR) is 102 cm³/mol. The van der Waals surface area contributed by atoms with Gasteiger partial charge in [0.1, 0.15) is 5.67 Å². The Kier molecular flexibility index (Phi) is 8.72. The van der Waals surface area contributed by atoms with Crippen LogP contribution in [0.4, 0.5) is 4.39 Å². The first kappa shape index (κ1) is 20.7. The van der Waals surface area contributed by atoms with Crippen molar-refractivity contribution in [3.63, 3.8) is 0 Å². The fourth-order valence-electron chi connectivity index (χ4n) is 5.02. The highest BCUT2D eigenvalue weighted by molar-refractivity contribution is 5.66. The molecule has 0 aromatic rings. The summed E-state index contributed by atoms with van der Waals surface area (Å²) in [5.41, 5.74) is -0.245. The number of halogens is 1. The van der Waals surface area contributed by atoms with E-state index in [1.165, 1.54) is 83.5 Å².